The average Bonchev–Trinajstić information content (AvgIpc) is 2.68. The minimum Gasteiger partial charge on any atom is -0.481 e. The smallest absolute Gasteiger partial charge is 0.321 e. The van der Waals surface area contributed by atoms with Gasteiger partial charge in [0, 0.05) is 36.7 Å². The van der Waals surface area contributed by atoms with Gasteiger partial charge in [-0.1, -0.05) is 22.0 Å². The van der Waals surface area contributed by atoms with Crippen LogP contribution < -0.4 is 10.1 Å². The van der Waals surface area contributed by atoms with Crippen LogP contribution in [0.25, 0.3) is 0 Å². The van der Waals surface area contributed by atoms with Crippen LogP contribution in [0.1, 0.15) is 0 Å². The molecule has 1 aliphatic heterocycles. The third-order valence-electron chi connectivity index (χ3n) is 4.16. The van der Waals surface area contributed by atoms with Crippen LogP contribution in [0.15, 0.2) is 52.0 Å². The normalized spacial score (nSPS) is 15.4. The largest absolute Gasteiger partial charge is 0.481 e. The highest BCUT2D eigenvalue weighted by atomic mass is 79.9. The molecule has 0 saturated carbocycles. The number of ether oxygens (including phenoxy) is 1. The number of rotatable bonds is 4. The highest BCUT2D eigenvalue weighted by Gasteiger charge is 2.30. The predicted molar refractivity (Wildman–Crippen MR) is 104 cm³/mol. The van der Waals surface area contributed by atoms with E-state index in [0.29, 0.717) is 29.1 Å². The molecule has 0 atom stereocenters. The van der Waals surface area contributed by atoms with Crippen molar-refractivity contribution in [2.75, 3.05) is 38.6 Å². The molecule has 0 bridgehead atoms. The third-order valence-corrected chi connectivity index (χ3v) is 6.54. The average molecular weight is 455 g/mol. The number of anilines is 1. The van der Waals surface area contributed by atoms with Crippen LogP contribution in [-0.2, 0) is 10.0 Å². The fourth-order valence-corrected chi connectivity index (χ4v) is 4.70. The minimum atomic E-state index is -3.58. The Bertz CT molecular complexity index is 913. The second kappa shape index (κ2) is 8.24. The van der Waals surface area contributed by atoms with Crippen molar-refractivity contribution >= 4 is 37.7 Å². The lowest BCUT2D eigenvalue weighted by Crippen LogP contribution is -2.51. The van der Waals surface area contributed by atoms with Crippen LogP contribution >= 0.6 is 15.9 Å². The van der Waals surface area contributed by atoms with Gasteiger partial charge in [0.2, 0.25) is 15.9 Å². The van der Waals surface area contributed by atoms with Crippen LogP contribution in [0.2, 0.25) is 0 Å². The summed E-state index contributed by atoms with van der Waals surface area (Å²) in [4.78, 5) is 18.2. The predicted octanol–water partition coefficient (Wildman–Crippen LogP) is 2.39. The van der Waals surface area contributed by atoms with E-state index >= 15 is 0 Å². The van der Waals surface area contributed by atoms with Crippen molar-refractivity contribution in [3.05, 3.63) is 47.1 Å². The molecule has 2 heterocycles. The van der Waals surface area contributed by atoms with Crippen molar-refractivity contribution in [1.29, 1.82) is 0 Å². The quantitative estimate of drug-likeness (QED) is 0.765. The van der Waals surface area contributed by atoms with Gasteiger partial charge in [-0.2, -0.15) is 4.31 Å². The first-order chi connectivity index (χ1) is 12.9. The molecule has 1 aromatic heterocycles. The first-order valence-corrected chi connectivity index (χ1v) is 10.4. The van der Waals surface area contributed by atoms with Crippen molar-refractivity contribution < 1.29 is 17.9 Å². The molecule has 3 rings (SSSR count). The maximum atomic E-state index is 12.7. The molecule has 27 heavy (non-hydrogen) atoms. The molecule has 0 radical (unpaired) electrons. The fourth-order valence-electron chi connectivity index (χ4n) is 2.69. The topological polar surface area (TPSA) is 91.8 Å². The number of nitrogens with one attached hydrogen (secondary N) is 1. The van der Waals surface area contributed by atoms with Gasteiger partial charge in [-0.25, -0.2) is 18.2 Å². The monoisotopic (exact) mass is 454 g/mol. The van der Waals surface area contributed by atoms with E-state index in [1.165, 1.54) is 17.6 Å². The number of amides is 2. The standard InChI is InChI=1S/C17H19BrN4O4S/c1-26-16-6-5-14(12-19-16)20-17(23)21-7-9-22(10-8-21)27(24,25)15-4-2-3-13(18)11-15/h2-6,11-12H,7-10H2,1H3,(H,20,23). The second-order valence-electron chi connectivity index (χ2n) is 5.87. The summed E-state index contributed by atoms with van der Waals surface area (Å²) in [5.74, 6) is 0.458. The molecule has 2 amide bonds. The Labute approximate surface area is 166 Å². The van der Waals surface area contributed by atoms with E-state index in [1.54, 1.807) is 41.3 Å². The van der Waals surface area contributed by atoms with E-state index in [2.05, 4.69) is 26.2 Å². The van der Waals surface area contributed by atoms with Crippen molar-refractivity contribution in [2.45, 2.75) is 4.90 Å². The van der Waals surface area contributed by atoms with Crippen molar-refractivity contribution in [3.8, 4) is 5.88 Å². The summed E-state index contributed by atoms with van der Waals surface area (Å²) in [5.41, 5.74) is 0.546. The number of urea groups is 1. The van der Waals surface area contributed by atoms with Gasteiger partial charge in [0.05, 0.1) is 23.9 Å². The van der Waals surface area contributed by atoms with Gasteiger partial charge in [0.25, 0.3) is 0 Å². The maximum absolute atomic E-state index is 12.7. The van der Waals surface area contributed by atoms with Gasteiger partial charge in [-0.15, -0.1) is 0 Å². The van der Waals surface area contributed by atoms with Gasteiger partial charge in [-0.3, -0.25) is 0 Å². The minimum absolute atomic E-state index is 0.235. The van der Waals surface area contributed by atoms with Crippen LogP contribution in [0.3, 0.4) is 0 Å². The molecule has 144 valence electrons. The van der Waals surface area contributed by atoms with E-state index in [4.69, 9.17) is 4.74 Å². The molecule has 1 aromatic carbocycles. The molecular weight excluding hydrogens is 436 g/mol. The molecule has 1 saturated heterocycles. The van der Waals surface area contributed by atoms with Gasteiger partial charge in [0.1, 0.15) is 0 Å². The lowest BCUT2D eigenvalue weighted by molar-refractivity contribution is 0.184. The number of methoxy groups -OCH3 is 1. The van der Waals surface area contributed by atoms with Crippen LogP contribution in [0, 0.1) is 0 Å². The third kappa shape index (κ3) is 4.57. The summed E-state index contributed by atoms with van der Waals surface area (Å²) in [5, 5.41) is 2.75. The summed E-state index contributed by atoms with van der Waals surface area (Å²) in [6.45, 7) is 1.09. The number of piperazine rings is 1. The number of pyridine rings is 1. The zero-order chi connectivity index (χ0) is 19.4. The van der Waals surface area contributed by atoms with E-state index < -0.39 is 10.0 Å². The van der Waals surface area contributed by atoms with Gasteiger partial charge in [0.15, 0.2) is 0 Å². The number of hydrogen-bond donors (Lipinski definition) is 1. The van der Waals surface area contributed by atoms with Crippen molar-refractivity contribution in [3.63, 3.8) is 0 Å². The molecule has 1 aliphatic rings. The summed E-state index contributed by atoms with van der Waals surface area (Å²) < 4.78 is 32.5. The molecule has 2 aromatic rings. The number of carbonyl (C=O) groups is 1. The van der Waals surface area contributed by atoms with Gasteiger partial charge >= 0.3 is 6.03 Å². The number of halogens is 1. The Kier molecular flexibility index (Phi) is 5.98. The Morgan fingerprint density at radius 2 is 1.93 bits per heavy atom. The van der Waals surface area contributed by atoms with Crippen molar-refractivity contribution in [1.82, 2.24) is 14.2 Å². The zero-order valence-electron chi connectivity index (χ0n) is 14.6. The molecule has 0 aliphatic carbocycles. The summed E-state index contributed by atoms with van der Waals surface area (Å²) in [6.07, 6.45) is 1.50. The molecule has 0 unspecified atom stereocenters. The molecule has 1 fully saturated rings. The maximum Gasteiger partial charge on any atom is 0.321 e. The van der Waals surface area contributed by atoms with E-state index in [0.717, 1.165) is 0 Å². The first-order valence-electron chi connectivity index (χ1n) is 8.22. The van der Waals surface area contributed by atoms with E-state index in [1.807, 2.05) is 0 Å². The fraction of sp³-hybridized carbons (Fsp3) is 0.294. The number of nitrogens with zero attached hydrogens (tertiary/aromatic N) is 3. The SMILES string of the molecule is COc1ccc(NC(=O)N2CCN(S(=O)(=O)c3cccc(Br)c3)CC2)cn1. The van der Waals surface area contributed by atoms with Crippen LogP contribution in [0.4, 0.5) is 10.5 Å². The van der Waals surface area contributed by atoms with Gasteiger partial charge < -0.3 is 15.0 Å². The van der Waals surface area contributed by atoms with E-state index in [-0.39, 0.29) is 24.0 Å². The zero-order valence-corrected chi connectivity index (χ0v) is 17.0. The first kappa shape index (κ1) is 19.6. The van der Waals surface area contributed by atoms with Crippen LogP contribution in [-0.4, -0.2) is 61.9 Å². The molecular formula is C17H19BrN4O4S. The highest BCUT2D eigenvalue weighted by molar-refractivity contribution is 9.10. The Morgan fingerprint density at radius 1 is 1.19 bits per heavy atom. The second-order valence-corrected chi connectivity index (χ2v) is 8.72. The van der Waals surface area contributed by atoms with Gasteiger partial charge in [-0.05, 0) is 24.3 Å². The molecule has 10 heteroatoms. The molecule has 1 N–H and O–H groups in total. The molecule has 0 spiro atoms. The van der Waals surface area contributed by atoms with E-state index in [9.17, 15) is 13.2 Å². The number of aromatic nitrogens is 1. The number of hydrogen-bond acceptors (Lipinski definition) is 5. The van der Waals surface area contributed by atoms with Crippen LogP contribution in [0.5, 0.6) is 5.88 Å². The Balaban J connectivity index is 1.60. The summed E-state index contributed by atoms with van der Waals surface area (Å²) >= 11 is 3.29. The van der Waals surface area contributed by atoms with Crippen molar-refractivity contribution in [2.24, 2.45) is 0 Å². The lowest BCUT2D eigenvalue weighted by Gasteiger charge is -2.34. The summed E-state index contributed by atoms with van der Waals surface area (Å²) in [6, 6.07) is 9.65. The lowest BCUT2D eigenvalue weighted by atomic mass is 10.3. The number of benzene rings is 1. The summed E-state index contributed by atoms with van der Waals surface area (Å²) in [7, 11) is -2.06. The number of sulfonamides is 1. The highest BCUT2D eigenvalue weighted by Crippen LogP contribution is 2.21. The number of carbonyl (C=O) groups excluding carboxylic acids is 1. The Hall–Kier alpha value is -2.17. The molecule has 8 nitrogen and oxygen atoms in total. The Morgan fingerprint density at radius 3 is 2.52 bits per heavy atom.